The van der Waals surface area contributed by atoms with Crippen LogP contribution in [0, 0.1) is 12.3 Å². The lowest BCUT2D eigenvalue weighted by molar-refractivity contribution is -0.137. The Balaban J connectivity index is 1.69. The Kier molecular flexibility index (Phi) is 7.50. The predicted octanol–water partition coefficient (Wildman–Crippen LogP) is 3.24. The highest BCUT2D eigenvalue weighted by atomic mass is 16.5. The molecule has 0 radical (unpaired) electrons. The highest BCUT2D eigenvalue weighted by molar-refractivity contribution is 5.86. The molecule has 2 aromatic rings. The molecule has 0 bridgehead atoms. The van der Waals surface area contributed by atoms with Gasteiger partial charge in [-0.15, -0.1) is 6.42 Å². The lowest BCUT2D eigenvalue weighted by Crippen LogP contribution is -2.49. The van der Waals surface area contributed by atoms with Crippen molar-refractivity contribution in [1.29, 1.82) is 0 Å². The summed E-state index contributed by atoms with van der Waals surface area (Å²) in [7, 11) is 0. The Bertz CT molecular complexity index is 997. The molecular weight excluding hydrogens is 408 g/mol. The number of ether oxygens (including phenoxy) is 1. The molecule has 7 heteroatoms. The monoisotopic (exact) mass is 434 g/mol. The van der Waals surface area contributed by atoms with Crippen LogP contribution in [0.25, 0.3) is 11.1 Å². The van der Waals surface area contributed by atoms with Crippen LogP contribution in [-0.2, 0) is 14.3 Å². The Morgan fingerprint density at radius 3 is 2.25 bits per heavy atom. The van der Waals surface area contributed by atoms with Gasteiger partial charge in [0.15, 0.2) is 0 Å². The second-order valence-corrected chi connectivity index (χ2v) is 7.51. The number of alkyl carbamates (subject to hydrolysis) is 1. The number of aliphatic carboxylic acids is 1. The number of fused-ring (bicyclic) bond motifs is 3. The number of hydrogen-bond donors (Lipinski definition) is 2. The van der Waals surface area contributed by atoms with Crippen molar-refractivity contribution in [2.45, 2.75) is 31.7 Å². The number of amides is 2. The molecule has 0 saturated carbocycles. The van der Waals surface area contributed by atoms with Crippen molar-refractivity contribution in [2.75, 3.05) is 19.7 Å². The number of terminal acetylenes is 1. The molecule has 32 heavy (non-hydrogen) atoms. The zero-order chi connectivity index (χ0) is 23.1. The van der Waals surface area contributed by atoms with Gasteiger partial charge in [-0.25, -0.2) is 4.79 Å². The van der Waals surface area contributed by atoms with Gasteiger partial charge in [-0.3, -0.25) is 9.59 Å². The van der Waals surface area contributed by atoms with Crippen LogP contribution in [0.2, 0.25) is 0 Å². The average molecular weight is 434 g/mol. The van der Waals surface area contributed by atoms with E-state index in [4.69, 9.17) is 16.3 Å². The first kappa shape index (κ1) is 22.9. The zero-order valence-corrected chi connectivity index (χ0v) is 17.9. The highest BCUT2D eigenvalue weighted by Crippen LogP contribution is 2.44. The van der Waals surface area contributed by atoms with E-state index in [0.29, 0.717) is 6.54 Å². The Morgan fingerprint density at radius 2 is 1.72 bits per heavy atom. The van der Waals surface area contributed by atoms with E-state index in [9.17, 15) is 14.4 Å². The van der Waals surface area contributed by atoms with Gasteiger partial charge in [-0.2, -0.15) is 0 Å². The first-order valence-corrected chi connectivity index (χ1v) is 10.5. The molecule has 1 aliphatic carbocycles. The molecule has 1 aliphatic rings. The van der Waals surface area contributed by atoms with Crippen LogP contribution in [0.1, 0.15) is 36.8 Å². The van der Waals surface area contributed by atoms with E-state index in [-0.39, 0.29) is 31.9 Å². The third-order valence-electron chi connectivity index (χ3n) is 5.56. The van der Waals surface area contributed by atoms with Crippen LogP contribution >= 0.6 is 0 Å². The van der Waals surface area contributed by atoms with Gasteiger partial charge in [0.25, 0.3) is 0 Å². The summed E-state index contributed by atoms with van der Waals surface area (Å²) in [5.74, 6) is 0.794. The minimum absolute atomic E-state index is 0.0561. The Labute approximate surface area is 187 Å². The average Bonchev–Trinajstić information content (AvgIpc) is 3.12. The fraction of sp³-hybridized carbons (Fsp3) is 0.320. The number of benzene rings is 2. The van der Waals surface area contributed by atoms with E-state index in [0.717, 1.165) is 22.3 Å². The smallest absolute Gasteiger partial charge is 0.407 e. The van der Waals surface area contributed by atoms with Crippen LogP contribution in [0.4, 0.5) is 4.79 Å². The zero-order valence-electron chi connectivity index (χ0n) is 17.9. The second-order valence-electron chi connectivity index (χ2n) is 7.51. The lowest BCUT2D eigenvalue weighted by Gasteiger charge is -2.25. The van der Waals surface area contributed by atoms with Crippen LogP contribution in [0.15, 0.2) is 48.5 Å². The van der Waals surface area contributed by atoms with Crippen molar-refractivity contribution in [2.24, 2.45) is 0 Å². The van der Waals surface area contributed by atoms with Gasteiger partial charge in [0.1, 0.15) is 12.6 Å². The minimum atomic E-state index is -1.06. The molecule has 166 valence electrons. The van der Waals surface area contributed by atoms with E-state index < -0.39 is 24.0 Å². The second kappa shape index (κ2) is 10.5. The fourth-order valence-corrected chi connectivity index (χ4v) is 3.98. The first-order valence-electron chi connectivity index (χ1n) is 10.5. The molecule has 0 spiro atoms. The fourth-order valence-electron chi connectivity index (χ4n) is 3.98. The van der Waals surface area contributed by atoms with Crippen molar-refractivity contribution in [3.8, 4) is 23.5 Å². The summed E-state index contributed by atoms with van der Waals surface area (Å²) in [5, 5.41) is 11.5. The van der Waals surface area contributed by atoms with E-state index in [2.05, 4.69) is 11.2 Å². The number of nitrogens with one attached hydrogen (secondary N) is 1. The third-order valence-corrected chi connectivity index (χ3v) is 5.56. The summed E-state index contributed by atoms with van der Waals surface area (Å²) < 4.78 is 5.49. The van der Waals surface area contributed by atoms with Crippen molar-refractivity contribution in [1.82, 2.24) is 10.2 Å². The summed E-state index contributed by atoms with van der Waals surface area (Å²) >= 11 is 0. The number of nitrogens with zero attached hydrogens (tertiary/aromatic N) is 1. The van der Waals surface area contributed by atoms with Crippen molar-refractivity contribution in [3.05, 3.63) is 59.7 Å². The lowest BCUT2D eigenvalue weighted by atomic mass is 9.98. The SMILES string of the molecule is C#CCN(CC)C(=O)C(CCC(=O)O)NC(=O)OCC1c2ccccc2-c2ccccc21. The predicted molar refractivity (Wildman–Crippen MR) is 120 cm³/mol. The first-order chi connectivity index (χ1) is 15.5. The van der Waals surface area contributed by atoms with E-state index in [1.165, 1.54) is 4.90 Å². The molecular formula is C25H26N2O5. The van der Waals surface area contributed by atoms with Crippen molar-refractivity contribution >= 4 is 18.0 Å². The maximum Gasteiger partial charge on any atom is 0.407 e. The quantitative estimate of drug-likeness (QED) is 0.591. The van der Waals surface area contributed by atoms with Crippen LogP contribution < -0.4 is 5.32 Å². The molecule has 0 aromatic heterocycles. The largest absolute Gasteiger partial charge is 0.481 e. The van der Waals surface area contributed by atoms with Gasteiger partial charge in [0.05, 0.1) is 6.54 Å². The standard InChI is InChI=1S/C25H26N2O5/c1-3-15-27(4-2)24(30)22(13-14-23(28)29)26-25(31)32-16-21-19-11-7-5-9-17(19)18-10-6-8-12-20(18)21/h1,5-12,21-22H,4,13-16H2,2H3,(H,26,31)(H,28,29). The maximum absolute atomic E-state index is 12.8. The number of carbonyl (C=O) groups excluding carboxylic acids is 2. The number of likely N-dealkylation sites (N-methyl/N-ethyl adjacent to an activating group) is 1. The number of carboxylic acid groups (broad SMARTS) is 1. The summed E-state index contributed by atoms with van der Waals surface area (Å²) in [6, 6.07) is 14.9. The third kappa shape index (κ3) is 5.09. The van der Waals surface area contributed by atoms with Gasteiger partial charge >= 0.3 is 12.1 Å². The minimum Gasteiger partial charge on any atom is -0.481 e. The molecule has 0 aliphatic heterocycles. The Morgan fingerprint density at radius 1 is 1.12 bits per heavy atom. The van der Waals surface area contributed by atoms with Crippen LogP contribution in [0.3, 0.4) is 0 Å². The molecule has 3 rings (SSSR count). The molecule has 2 N–H and O–H groups in total. The summed E-state index contributed by atoms with van der Waals surface area (Å²) in [5.41, 5.74) is 4.37. The molecule has 7 nitrogen and oxygen atoms in total. The normalized spacial score (nSPS) is 12.8. The summed E-state index contributed by atoms with van der Waals surface area (Å²) in [4.78, 5) is 37.7. The molecule has 1 atom stereocenters. The van der Waals surface area contributed by atoms with Gasteiger partial charge in [0, 0.05) is 18.9 Å². The van der Waals surface area contributed by atoms with Gasteiger partial charge in [0.2, 0.25) is 5.91 Å². The molecule has 2 aromatic carbocycles. The van der Waals surface area contributed by atoms with Gasteiger partial charge in [-0.1, -0.05) is 54.5 Å². The molecule has 2 amide bonds. The number of carboxylic acids is 1. The number of carbonyl (C=O) groups is 3. The van der Waals surface area contributed by atoms with Gasteiger partial charge in [-0.05, 0) is 35.6 Å². The molecule has 0 heterocycles. The molecule has 0 saturated heterocycles. The summed E-state index contributed by atoms with van der Waals surface area (Å²) in [6.07, 6.45) is 4.21. The number of rotatable bonds is 9. The maximum atomic E-state index is 12.8. The molecule has 0 fully saturated rings. The van der Waals surface area contributed by atoms with E-state index in [1.807, 2.05) is 48.5 Å². The van der Waals surface area contributed by atoms with Crippen molar-refractivity contribution in [3.63, 3.8) is 0 Å². The Hall–Kier alpha value is -3.79. The summed E-state index contributed by atoms with van der Waals surface area (Å²) in [6.45, 7) is 2.28. The highest BCUT2D eigenvalue weighted by Gasteiger charge is 2.30. The van der Waals surface area contributed by atoms with E-state index in [1.54, 1.807) is 6.92 Å². The molecule has 1 unspecified atom stereocenters. The van der Waals surface area contributed by atoms with Crippen LogP contribution in [0.5, 0.6) is 0 Å². The number of hydrogen-bond acceptors (Lipinski definition) is 4. The van der Waals surface area contributed by atoms with Crippen LogP contribution in [-0.4, -0.2) is 53.7 Å². The van der Waals surface area contributed by atoms with Gasteiger partial charge < -0.3 is 20.1 Å². The van der Waals surface area contributed by atoms with E-state index >= 15 is 0 Å². The topological polar surface area (TPSA) is 95.9 Å². The van der Waals surface area contributed by atoms with Crippen molar-refractivity contribution < 1.29 is 24.2 Å².